The van der Waals surface area contributed by atoms with Crippen LogP contribution in [-0.2, 0) is 19.7 Å². The predicted molar refractivity (Wildman–Crippen MR) is 124 cm³/mol. The molecule has 0 saturated heterocycles. The van der Waals surface area contributed by atoms with E-state index in [0.29, 0.717) is 19.8 Å². The van der Waals surface area contributed by atoms with Crippen LogP contribution in [0.4, 0.5) is 0 Å². The van der Waals surface area contributed by atoms with Crippen molar-refractivity contribution in [2.75, 3.05) is 13.7 Å². The molecule has 0 unspecified atom stereocenters. The number of ether oxygens (including phenoxy) is 3. The van der Waals surface area contributed by atoms with Crippen LogP contribution in [0.3, 0.4) is 0 Å². The lowest BCUT2D eigenvalue weighted by Gasteiger charge is -2.17. The Labute approximate surface area is 185 Å². The minimum Gasteiger partial charge on any atom is -0.497 e. The number of rotatable bonds is 10. The first-order valence-corrected chi connectivity index (χ1v) is 9.96. The first kappa shape index (κ1) is 23.6. The quantitative estimate of drug-likeness (QED) is 0.451. The zero-order valence-electron chi connectivity index (χ0n) is 17.8. The van der Waals surface area contributed by atoms with Gasteiger partial charge in [0, 0.05) is 18.7 Å². The number of para-hydroxylation sites is 1. The molecule has 1 N–H and O–H groups in total. The van der Waals surface area contributed by atoms with Gasteiger partial charge in [-0.1, -0.05) is 54.1 Å². The lowest BCUT2D eigenvalue weighted by Crippen LogP contribution is -2.14. The molecule has 0 amide bonds. The second-order valence-corrected chi connectivity index (χ2v) is 6.90. The van der Waals surface area contributed by atoms with E-state index in [0.717, 1.165) is 34.9 Å². The molecular formula is C25H30ClNO3. The van der Waals surface area contributed by atoms with Crippen molar-refractivity contribution in [1.29, 1.82) is 0 Å². The second kappa shape index (κ2) is 12.1. The molecule has 0 aliphatic heterocycles. The number of benzene rings is 3. The Morgan fingerprint density at radius 3 is 2.17 bits per heavy atom. The second-order valence-electron chi connectivity index (χ2n) is 6.90. The maximum Gasteiger partial charge on any atom is 0.166 e. The fourth-order valence-electron chi connectivity index (χ4n) is 3.06. The van der Waals surface area contributed by atoms with E-state index in [2.05, 4.69) is 54.7 Å². The van der Waals surface area contributed by atoms with Crippen molar-refractivity contribution in [3.05, 3.63) is 89.0 Å². The summed E-state index contributed by atoms with van der Waals surface area (Å²) >= 11 is 0. The van der Waals surface area contributed by atoms with Gasteiger partial charge in [0.2, 0.25) is 0 Å². The maximum atomic E-state index is 6.20. The number of methoxy groups -OCH3 is 1. The molecule has 3 aromatic carbocycles. The number of halogens is 1. The molecule has 0 heterocycles. The molecule has 30 heavy (non-hydrogen) atoms. The molecule has 0 fully saturated rings. The highest BCUT2D eigenvalue weighted by molar-refractivity contribution is 5.85. The van der Waals surface area contributed by atoms with E-state index in [1.807, 2.05) is 31.2 Å². The third kappa shape index (κ3) is 6.68. The van der Waals surface area contributed by atoms with Crippen LogP contribution in [0.1, 0.15) is 29.2 Å². The highest BCUT2D eigenvalue weighted by Crippen LogP contribution is 2.32. The van der Waals surface area contributed by atoms with Gasteiger partial charge in [-0.2, -0.15) is 0 Å². The first-order chi connectivity index (χ1) is 14.2. The van der Waals surface area contributed by atoms with Crippen LogP contribution in [0.25, 0.3) is 0 Å². The van der Waals surface area contributed by atoms with Crippen molar-refractivity contribution in [2.24, 2.45) is 0 Å². The average Bonchev–Trinajstić information content (AvgIpc) is 2.75. The summed E-state index contributed by atoms with van der Waals surface area (Å²) in [4.78, 5) is 0. The zero-order chi connectivity index (χ0) is 20.5. The van der Waals surface area contributed by atoms with Gasteiger partial charge in [0.05, 0.1) is 13.7 Å². The van der Waals surface area contributed by atoms with E-state index in [1.165, 1.54) is 11.1 Å². The van der Waals surface area contributed by atoms with Gasteiger partial charge in [-0.15, -0.1) is 12.4 Å². The summed E-state index contributed by atoms with van der Waals surface area (Å²) in [6.07, 6.45) is 0. The molecule has 0 atom stereocenters. The number of hydrogen-bond donors (Lipinski definition) is 1. The van der Waals surface area contributed by atoms with Gasteiger partial charge in [0.25, 0.3) is 0 Å². The summed E-state index contributed by atoms with van der Waals surface area (Å²) in [6.45, 7) is 6.63. The van der Waals surface area contributed by atoms with Gasteiger partial charge in [-0.3, -0.25) is 0 Å². The fourth-order valence-corrected chi connectivity index (χ4v) is 3.06. The Morgan fingerprint density at radius 2 is 1.50 bits per heavy atom. The molecule has 5 heteroatoms. The maximum absolute atomic E-state index is 6.20. The Balaban J connectivity index is 0.00000320. The largest absolute Gasteiger partial charge is 0.497 e. The Morgan fingerprint density at radius 1 is 0.800 bits per heavy atom. The molecule has 0 aliphatic carbocycles. The monoisotopic (exact) mass is 427 g/mol. The van der Waals surface area contributed by atoms with Crippen molar-refractivity contribution in [3.8, 4) is 17.2 Å². The molecule has 0 spiro atoms. The van der Waals surface area contributed by atoms with Crippen molar-refractivity contribution < 1.29 is 14.2 Å². The Kier molecular flexibility index (Phi) is 9.52. The fraction of sp³-hybridized carbons (Fsp3) is 0.280. The number of hydrogen-bond acceptors (Lipinski definition) is 4. The summed E-state index contributed by atoms with van der Waals surface area (Å²) in [6, 6.07) is 22.5. The molecule has 3 rings (SSSR count). The standard InChI is InChI=1S/C25H29NO3.ClH/c1-4-28-24-7-5-6-22(17-26-16-20-12-14-23(27-3)15-13-20)25(24)29-18-21-10-8-19(2)9-11-21;/h5-15,26H,4,16-18H2,1-3H3;1H. The molecule has 4 nitrogen and oxygen atoms in total. The van der Waals surface area contributed by atoms with Gasteiger partial charge >= 0.3 is 0 Å². The van der Waals surface area contributed by atoms with Crippen LogP contribution >= 0.6 is 12.4 Å². The molecule has 3 aromatic rings. The molecular weight excluding hydrogens is 398 g/mol. The normalized spacial score (nSPS) is 10.2. The van der Waals surface area contributed by atoms with Crippen LogP contribution in [0, 0.1) is 6.92 Å². The third-order valence-electron chi connectivity index (χ3n) is 4.67. The summed E-state index contributed by atoms with van der Waals surface area (Å²) in [5.41, 5.74) is 4.66. The molecule has 0 bridgehead atoms. The van der Waals surface area contributed by atoms with Gasteiger partial charge in [-0.25, -0.2) is 0 Å². The van der Waals surface area contributed by atoms with Crippen molar-refractivity contribution >= 4 is 12.4 Å². The summed E-state index contributed by atoms with van der Waals surface area (Å²) in [7, 11) is 1.68. The van der Waals surface area contributed by atoms with Crippen LogP contribution in [0.2, 0.25) is 0 Å². The van der Waals surface area contributed by atoms with E-state index in [-0.39, 0.29) is 12.4 Å². The SMILES string of the molecule is CCOc1cccc(CNCc2ccc(OC)cc2)c1OCc1ccc(C)cc1.Cl. The minimum atomic E-state index is 0. The molecule has 0 aromatic heterocycles. The third-order valence-corrected chi connectivity index (χ3v) is 4.67. The van der Waals surface area contributed by atoms with E-state index < -0.39 is 0 Å². The molecule has 0 aliphatic rings. The summed E-state index contributed by atoms with van der Waals surface area (Å²) in [5.74, 6) is 2.45. The molecule has 0 saturated carbocycles. The van der Waals surface area contributed by atoms with Crippen LogP contribution in [-0.4, -0.2) is 13.7 Å². The lowest BCUT2D eigenvalue weighted by atomic mass is 10.1. The van der Waals surface area contributed by atoms with E-state index in [1.54, 1.807) is 7.11 Å². The predicted octanol–water partition coefficient (Wildman–Crippen LogP) is 5.69. The number of aryl methyl sites for hydroxylation is 1. The molecule has 160 valence electrons. The minimum absolute atomic E-state index is 0. The zero-order valence-corrected chi connectivity index (χ0v) is 18.6. The van der Waals surface area contributed by atoms with Gasteiger partial charge in [0.1, 0.15) is 12.4 Å². The summed E-state index contributed by atoms with van der Waals surface area (Å²) < 4.78 is 17.2. The van der Waals surface area contributed by atoms with E-state index >= 15 is 0 Å². The smallest absolute Gasteiger partial charge is 0.166 e. The molecule has 0 radical (unpaired) electrons. The van der Waals surface area contributed by atoms with Gasteiger partial charge in [-0.05, 0) is 43.2 Å². The van der Waals surface area contributed by atoms with Crippen molar-refractivity contribution in [3.63, 3.8) is 0 Å². The first-order valence-electron chi connectivity index (χ1n) is 9.96. The van der Waals surface area contributed by atoms with Gasteiger partial charge in [0.15, 0.2) is 11.5 Å². The topological polar surface area (TPSA) is 39.7 Å². The number of nitrogens with one attached hydrogen (secondary N) is 1. The highest BCUT2D eigenvalue weighted by Gasteiger charge is 2.11. The van der Waals surface area contributed by atoms with Crippen molar-refractivity contribution in [1.82, 2.24) is 5.32 Å². The van der Waals surface area contributed by atoms with Crippen LogP contribution < -0.4 is 19.5 Å². The lowest BCUT2D eigenvalue weighted by molar-refractivity contribution is 0.266. The van der Waals surface area contributed by atoms with Crippen LogP contribution in [0.5, 0.6) is 17.2 Å². The van der Waals surface area contributed by atoms with Crippen molar-refractivity contribution in [2.45, 2.75) is 33.5 Å². The highest BCUT2D eigenvalue weighted by atomic mass is 35.5. The van der Waals surface area contributed by atoms with Crippen LogP contribution in [0.15, 0.2) is 66.7 Å². The Bertz CT molecular complexity index is 895. The Hall–Kier alpha value is -2.69. The summed E-state index contributed by atoms with van der Waals surface area (Å²) in [5, 5.41) is 3.49. The van der Waals surface area contributed by atoms with E-state index in [4.69, 9.17) is 14.2 Å². The average molecular weight is 428 g/mol. The van der Waals surface area contributed by atoms with E-state index in [9.17, 15) is 0 Å². The van der Waals surface area contributed by atoms with Gasteiger partial charge < -0.3 is 19.5 Å².